The Morgan fingerprint density at radius 1 is 1.24 bits per heavy atom. The summed E-state index contributed by atoms with van der Waals surface area (Å²) < 4.78 is 0. The summed E-state index contributed by atoms with van der Waals surface area (Å²) >= 11 is 7.05. The highest BCUT2D eigenvalue weighted by molar-refractivity contribution is 8.01. The van der Waals surface area contributed by atoms with E-state index in [0.29, 0.717) is 21.3 Å². The van der Waals surface area contributed by atoms with Gasteiger partial charge in [0.15, 0.2) is 0 Å². The van der Waals surface area contributed by atoms with Gasteiger partial charge in [0.05, 0.1) is 16.5 Å². The number of carboxylic acid groups (broad SMARTS) is 1. The molecule has 0 radical (unpaired) electrons. The quantitative estimate of drug-likeness (QED) is 0.759. The Kier molecular flexibility index (Phi) is 4.96. The van der Waals surface area contributed by atoms with Crippen molar-refractivity contribution >= 4 is 52.5 Å². The van der Waals surface area contributed by atoms with Gasteiger partial charge in [0, 0.05) is 22.0 Å². The lowest BCUT2D eigenvalue weighted by Crippen LogP contribution is -2.32. The van der Waals surface area contributed by atoms with E-state index in [0.717, 1.165) is 0 Å². The maximum atomic E-state index is 12.2. The third-order valence-corrected chi connectivity index (χ3v) is 5.02. The lowest BCUT2D eigenvalue weighted by molar-refractivity contribution is -0.120. The van der Waals surface area contributed by atoms with E-state index in [1.807, 2.05) is 0 Å². The van der Waals surface area contributed by atoms with Gasteiger partial charge < -0.3 is 15.7 Å². The van der Waals surface area contributed by atoms with Crippen molar-refractivity contribution in [3.63, 3.8) is 0 Å². The van der Waals surface area contributed by atoms with Crippen molar-refractivity contribution in [1.82, 2.24) is 0 Å². The van der Waals surface area contributed by atoms with Crippen LogP contribution in [-0.2, 0) is 9.59 Å². The Hall–Kier alpha value is -2.51. The van der Waals surface area contributed by atoms with Crippen molar-refractivity contribution in [2.24, 2.45) is 0 Å². The minimum atomic E-state index is -1.05. The minimum Gasteiger partial charge on any atom is -0.478 e. The molecule has 2 aromatic carbocycles. The number of carbonyl (C=O) groups excluding carboxylic acids is 2. The van der Waals surface area contributed by atoms with Gasteiger partial charge in [-0.25, -0.2) is 4.79 Å². The molecule has 0 aliphatic carbocycles. The van der Waals surface area contributed by atoms with Gasteiger partial charge in [-0.15, -0.1) is 11.8 Å². The molecule has 0 fully saturated rings. The third kappa shape index (κ3) is 4.12. The Morgan fingerprint density at radius 2 is 2.04 bits per heavy atom. The number of carbonyl (C=O) groups is 3. The second kappa shape index (κ2) is 7.16. The normalized spacial score (nSPS) is 15.9. The van der Waals surface area contributed by atoms with Gasteiger partial charge in [0.25, 0.3) is 0 Å². The zero-order valence-electron chi connectivity index (χ0n) is 12.8. The summed E-state index contributed by atoms with van der Waals surface area (Å²) in [6.45, 7) is 0. The van der Waals surface area contributed by atoms with E-state index >= 15 is 0 Å². The number of nitrogens with one attached hydrogen (secondary N) is 2. The molecule has 0 saturated heterocycles. The topological polar surface area (TPSA) is 95.5 Å². The molecule has 25 heavy (non-hydrogen) atoms. The number of anilines is 2. The number of hydrogen-bond donors (Lipinski definition) is 3. The summed E-state index contributed by atoms with van der Waals surface area (Å²) in [6.07, 6.45) is -0.0419. The first-order valence-corrected chi connectivity index (χ1v) is 8.58. The molecule has 128 valence electrons. The van der Waals surface area contributed by atoms with E-state index in [1.54, 1.807) is 30.3 Å². The number of hydrogen-bond acceptors (Lipinski definition) is 4. The molecule has 1 heterocycles. The van der Waals surface area contributed by atoms with Gasteiger partial charge in [-0.2, -0.15) is 0 Å². The van der Waals surface area contributed by atoms with Gasteiger partial charge in [-0.3, -0.25) is 9.59 Å². The van der Waals surface area contributed by atoms with Gasteiger partial charge in [-0.05, 0) is 36.4 Å². The lowest BCUT2D eigenvalue weighted by Gasteiger charge is -2.24. The summed E-state index contributed by atoms with van der Waals surface area (Å²) in [4.78, 5) is 36.0. The molecule has 0 saturated carbocycles. The molecule has 8 heteroatoms. The van der Waals surface area contributed by atoms with E-state index in [2.05, 4.69) is 10.6 Å². The molecule has 6 nitrogen and oxygen atoms in total. The van der Waals surface area contributed by atoms with Gasteiger partial charge in [0.1, 0.15) is 0 Å². The fraction of sp³-hybridized carbons (Fsp3) is 0.118. The predicted molar refractivity (Wildman–Crippen MR) is 96.4 cm³/mol. The van der Waals surface area contributed by atoms with Crippen molar-refractivity contribution in [3.05, 3.63) is 53.1 Å². The molecular weight excluding hydrogens is 364 g/mol. The molecule has 3 N–H and O–H groups in total. The summed E-state index contributed by atoms with van der Waals surface area (Å²) in [5.74, 6) is -1.66. The van der Waals surface area contributed by atoms with E-state index in [9.17, 15) is 14.4 Å². The number of benzene rings is 2. The van der Waals surface area contributed by atoms with E-state index < -0.39 is 11.2 Å². The molecule has 1 atom stereocenters. The summed E-state index contributed by atoms with van der Waals surface area (Å²) in [6, 6.07) is 11.2. The Balaban J connectivity index is 1.70. The molecule has 2 amide bonds. The number of amides is 2. The molecular formula is C17H13ClN2O4S. The smallest absolute Gasteiger partial charge is 0.335 e. The average Bonchev–Trinajstić information content (AvgIpc) is 2.55. The van der Waals surface area contributed by atoms with Crippen LogP contribution in [0.2, 0.25) is 5.02 Å². The number of aromatic carboxylic acids is 1. The first kappa shape index (κ1) is 17.3. The zero-order valence-corrected chi connectivity index (χ0v) is 14.4. The van der Waals surface area contributed by atoms with Crippen LogP contribution in [0, 0.1) is 0 Å². The van der Waals surface area contributed by atoms with Crippen molar-refractivity contribution in [2.75, 3.05) is 10.6 Å². The fourth-order valence-electron chi connectivity index (χ4n) is 2.36. The molecule has 0 spiro atoms. The first-order valence-electron chi connectivity index (χ1n) is 7.32. The van der Waals surface area contributed by atoms with Crippen LogP contribution in [0.1, 0.15) is 16.8 Å². The van der Waals surface area contributed by atoms with Crippen molar-refractivity contribution in [1.29, 1.82) is 0 Å². The fourth-order valence-corrected chi connectivity index (χ4v) is 3.70. The van der Waals surface area contributed by atoms with Crippen LogP contribution in [-0.4, -0.2) is 28.1 Å². The standard InChI is InChI=1S/C17H13ClN2O4S/c18-10-2-1-3-11(7-10)19-15(21)8-14-16(22)20-12-5-4-9(17(23)24)6-13(12)25-14/h1-7,14H,8H2,(H,19,21)(H,20,22)(H,23,24)/t14-/m1/s1. The maximum Gasteiger partial charge on any atom is 0.335 e. The zero-order chi connectivity index (χ0) is 18.0. The van der Waals surface area contributed by atoms with Crippen LogP contribution in [0.15, 0.2) is 47.4 Å². The molecule has 0 unspecified atom stereocenters. The van der Waals surface area contributed by atoms with E-state index in [-0.39, 0.29) is 23.8 Å². The number of fused-ring (bicyclic) bond motifs is 1. The summed E-state index contributed by atoms with van der Waals surface area (Å²) in [5, 5.41) is 14.3. The van der Waals surface area contributed by atoms with Crippen molar-refractivity contribution in [2.45, 2.75) is 16.6 Å². The number of thioether (sulfide) groups is 1. The highest BCUT2D eigenvalue weighted by Crippen LogP contribution is 2.37. The van der Waals surface area contributed by atoms with Crippen LogP contribution in [0.5, 0.6) is 0 Å². The van der Waals surface area contributed by atoms with E-state index in [1.165, 1.54) is 23.9 Å². The van der Waals surface area contributed by atoms with Crippen molar-refractivity contribution in [3.8, 4) is 0 Å². The second-order valence-corrected chi connectivity index (χ2v) is 7.06. The Labute approximate surface area is 152 Å². The van der Waals surface area contributed by atoms with Crippen LogP contribution in [0.3, 0.4) is 0 Å². The Bertz CT molecular complexity index is 871. The van der Waals surface area contributed by atoms with Gasteiger partial charge >= 0.3 is 5.97 Å². The van der Waals surface area contributed by atoms with Crippen LogP contribution in [0.4, 0.5) is 11.4 Å². The number of rotatable bonds is 4. The number of halogens is 1. The van der Waals surface area contributed by atoms with Gasteiger partial charge in [-0.1, -0.05) is 17.7 Å². The monoisotopic (exact) mass is 376 g/mol. The first-order chi connectivity index (χ1) is 11.9. The number of carboxylic acids is 1. The van der Waals surface area contributed by atoms with Crippen molar-refractivity contribution < 1.29 is 19.5 Å². The third-order valence-electron chi connectivity index (χ3n) is 3.53. The molecule has 0 bridgehead atoms. The SMILES string of the molecule is O=C(C[C@H]1Sc2cc(C(=O)O)ccc2NC1=O)Nc1cccc(Cl)c1. The second-order valence-electron chi connectivity index (χ2n) is 5.37. The van der Waals surface area contributed by atoms with Gasteiger partial charge in [0.2, 0.25) is 11.8 Å². The van der Waals surface area contributed by atoms with Crippen LogP contribution in [0.25, 0.3) is 0 Å². The molecule has 2 aromatic rings. The predicted octanol–water partition coefficient (Wildman–Crippen LogP) is 3.48. The summed E-state index contributed by atoms with van der Waals surface area (Å²) in [7, 11) is 0. The molecule has 3 rings (SSSR count). The minimum absolute atomic E-state index is 0.0419. The summed E-state index contributed by atoms with van der Waals surface area (Å²) in [5.41, 5.74) is 1.23. The highest BCUT2D eigenvalue weighted by Gasteiger charge is 2.29. The Morgan fingerprint density at radius 3 is 2.76 bits per heavy atom. The molecule has 0 aromatic heterocycles. The van der Waals surface area contributed by atoms with Crippen LogP contribution >= 0.6 is 23.4 Å². The highest BCUT2D eigenvalue weighted by atomic mass is 35.5. The maximum absolute atomic E-state index is 12.2. The molecule has 1 aliphatic heterocycles. The van der Waals surface area contributed by atoms with E-state index in [4.69, 9.17) is 16.7 Å². The molecule has 1 aliphatic rings. The largest absolute Gasteiger partial charge is 0.478 e. The van der Waals surface area contributed by atoms with Crippen LogP contribution < -0.4 is 10.6 Å². The lowest BCUT2D eigenvalue weighted by atomic mass is 10.2. The average molecular weight is 377 g/mol.